The molecule has 2 aromatic carbocycles. The maximum Gasteiger partial charge on any atom is 0.228 e. The second kappa shape index (κ2) is 7.72. The van der Waals surface area contributed by atoms with Crippen molar-refractivity contribution in [2.45, 2.75) is 32.6 Å². The lowest BCUT2D eigenvalue weighted by Crippen LogP contribution is -2.42. The number of carbonyl (C=O) groups excluding carboxylic acids is 2. The molecule has 1 aromatic heterocycles. The Labute approximate surface area is 167 Å². The standard InChI is InChI=1S/C22H22N2O3S/c1-13-6-11-18-19(12-13)28-21(24-18)14-7-9-15(10-8-14)23-20(25)16-4-2-3-5-17(16)22(26)27/h6-12,16-17H,2-5H2,1H3,(H,23,25)(H,26,27)/p-1/t16-,17-/m1/s1. The van der Waals surface area contributed by atoms with Gasteiger partial charge in [-0.25, -0.2) is 4.98 Å². The van der Waals surface area contributed by atoms with Crippen molar-refractivity contribution in [3.63, 3.8) is 0 Å². The number of hydrogen-bond donors (Lipinski definition) is 1. The maximum atomic E-state index is 12.6. The van der Waals surface area contributed by atoms with Crippen molar-refractivity contribution in [1.82, 2.24) is 4.98 Å². The van der Waals surface area contributed by atoms with Crippen LogP contribution in [-0.2, 0) is 9.59 Å². The smallest absolute Gasteiger partial charge is 0.228 e. The van der Waals surface area contributed by atoms with Crippen molar-refractivity contribution < 1.29 is 14.7 Å². The number of aliphatic carboxylic acids is 1. The van der Waals surface area contributed by atoms with E-state index < -0.39 is 17.8 Å². The summed E-state index contributed by atoms with van der Waals surface area (Å²) >= 11 is 1.64. The lowest BCUT2D eigenvalue weighted by atomic mass is 9.78. The Morgan fingerprint density at radius 2 is 1.79 bits per heavy atom. The van der Waals surface area contributed by atoms with Crippen LogP contribution in [0.5, 0.6) is 0 Å². The van der Waals surface area contributed by atoms with Crippen LogP contribution in [0.4, 0.5) is 5.69 Å². The number of benzene rings is 2. The van der Waals surface area contributed by atoms with E-state index in [9.17, 15) is 14.7 Å². The number of aromatic nitrogens is 1. The van der Waals surface area contributed by atoms with Crippen molar-refractivity contribution in [3.8, 4) is 10.6 Å². The van der Waals surface area contributed by atoms with Gasteiger partial charge in [-0.15, -0.1) is 11.3 Å². The highest BCUT2D eigenvalue weighted by Crippen LogP contribution is 2.33. The third-order valence-corrected chi connectivity index (χ3v) is 6.42. The fourth-order valence-electron chi connectivity index (χ4n) is 3.81. The van der Waals surface area contributed by atoms with Crippen LogP contribution in [0.1, 0.15) is 31.2 Å². The maximum absolute atomic E-state index is 12.6. The fourth-order valence-corrected chi connectivity index (χ4v) is 4.88. The molecule has 0 unspecified atom stereocenters. The number of carboxylic acid groups (broad SMARTS) is 1. The van der Waals surface area contributed by atoms with Gasteiger partial charge in [0.05, 0.1) is 10.2 Å². The molecule has 5 nitrogen and oxygen atoms in total. The molecule has 4 rings (SSSR count). The van der Waals surface area contributed by atoms with Gasteiger partial charge >= 0.3 is 0 Å². The van der Waals surface area contributed by atoms with Crippen LogP contribution >= 0.6 is 11.3 Å². The molecular weight excluding hydrogens is 372 g/mol. The molecule has 1 fully saturated rings. The summed E-state index contributed by atoms with van der Waals surface area (Å²) in [7, 11) is 0. The molecule has 1 aliphatic rings. The van der Waals surface area contributed by atoms with Crippen molar-refractivity contribution >= 4 is 39.1 Å². The Hall–Kier alpha value is -2.73. The molecule has 1 amide bonds. The Morgan fingerprint density at radius 3 is 2.50 bits per heavy atom. The zero-order valence-corrected chi connectivity index (χ0v) is 16.4. The highest BCUT2D eigenvalue weighted by Gasteiger charge is 2.31. The van der Waals surface area contributed by atoms with Crippen LogP contribution in [0, 0.1) is 18.8 Å². The van der Waals surface area contributed by atoms with Crippen LogP contribution in [0.2, 0.25) is 0 Å². The van der Waals surface area contributed by atoms with Gasteiger partial charge in [0.25, 0.3) is 0 Å². The van der Waals surface area contributed by atoms with Crippen LogP contribution in [-0.4, -0.2) is 16.9 Å². The third-order valence-electron chi connectivity index (χ3n) is 5.35. The number of anilines is 1. The number of thiazole rings is 1. The molecule has 2 atom stereocenters. The first-order chi connectivity index (χ1) is 13.5. The number of nitrogens with one attached hydrogen (secondary N) is 1. The van der Waals surface area contributed by atoms with Crippen LogP contribution in [0.25, 0.3) is 20.8 Å². The highest BCUT2D eigenvalue weighted by atomic mass is 32.1. The number of fused-ring (bicyclic) bond motifs is 1. The van der Waals surface area contributed by atoms with Crippen molar-refractivity contribution in [2.24, 2.45) is 11.8 Å². The van der Waals surface area contributed by atoms with Gasteiger partial charge in [-0.2, -0.15) is 0 Å². The lowest BCUT2D eigenvalue weighted by Gasteiger charge is -2.31. The van der Waals surface area contributed by atoms with Gasteiger partial charge in [0, 0.05) is 29.1 Å². The van der Waals surface area contributed by atoms with E-state index in [0.717, 1.165) is 33.6 Å². The molecule has 1 saturated carbocycles. The summed E-state index contributed by atoms with van der Waals surface area (Å²) in [5, 5.41) is 15.1. The number of rotatable bonds is 4. The Kier molecular flexibility index (Phi) is 5.13. The predicted molar refractivity (Wildman–Crippen MR) is 109 cm³/mol. The van der Waals surface area contributed by atoms with Gasteiger partial charge in [0.2, 0.25) is 5.91 Å². The quantitative estimate of drug-likeness (QED) is 0.732. The van der Waals surface area contributed by atoms with Crippen LogP contribution in [0.15, 0.2) is 42.5 Å². The average Bonchev–Trinajstić information content (AvgIpc) is 3.11. The predicted octanol–water partition coefficient (Wildman–Crippen LogP) is 3.77. The molecule has 1 heterocycles. The van der Waals surface area contributed by atoms with Gasteiger partial charge in [0.1, 0.15) is 5.01 Å². The molecule has 0 aliphatic heterocycles. The molecule has 0 spiro atoms. The number of amides is 1. The van der Waals surface area contributed by atoms with Gasteiger partial charge in [0.15, 0.2) is 0 Å². The first-order valence-corrected chi connectivity index (χ1v) is 10.3. The topological polar surface area (TPSA) is 82.1 Å². The van der Waals surface area contributed by atoms with Crippen molar-refractivity contribution in [2.75, 3.05) is 5.32 Å². The van der Waals surface area contributed by atoms with E-state index >= 15 is 0 Å². The molecule has 0 saturated heterocycles. The molecular formula is C22H21N2O3S-. The summed E-state index contributed by atoms with van der Waals surface area (Å²) < 4.78 is 1.15. The number of carboxylic acids is 1. The normalized spacial score (nSPS) is 19.5. The van der Waals surface area contributed by atoms with E-state index in [1.54, 1.807) is 11.3 Å². The average molecular weight is 393 g/mol. The van der Waals surface area contributed by atoms with E-state index in [-0.39, 0.29) is 5.91 Å². The fraction of sp³-hybridized carbons (Fsp3) is 0.318. The van der Waals surface area contributed by atoms with Gasteiger partial charge in [-0.3, -0.25) is 4.79 Å². The van der Waals surface area contributed by atoms with E-state index in [0.29, 0.717) is 18.5 Å². The van der Waals surface area contributed by atoms with Gasteiger partial charge < -0.3 is 15.2 Å². The molecule has 1 aliphatic carbocycles. The summed E-state index contributed by atoms with van der Waals surface area (Å²) in [6, 6.07) is 13.7. The largest absolute Gasteiger partial charge is 0.550 e. The summed E-state index contributed by atoms with van der Waals surface area (Å²) in [5.74, 6) is -2.58. The van der Waals surface area contributed by atoms with E-state index in [1.165, 1.54) is 5.56 Å². The number of nitrogens with zero attached hydrogens (tertiary/aromatic N) is 1. The minimum absolute atomic E-state index is 0.239. The molecule has 6 heteroatoms. The first kappa shape index (κ1) is 18.6. The summed E-state index contributed by atoms with van der Waals surface area (Å²) in [6.07, 6.45) is 2.81. The SMILES string of the molecule is Cc1ccc2nc(-c3ccc(NC(=O)[C@@H]4CCCC[C@H]4C(=O)[O-])cc3)sc2c1. The van der Waals surface area contributed by atoms with Crippen LogP contribution in [0.3, 0.4) is 0 Å². The lowest BCUT2D eigenvalue weighted by molar-refractivity contribution is -0.313. The Balaban J connectivity index is 1.49. The summed E-state index contributed by atoms with van der Waals surface area (Å²) in [6.45, 7) is 2.06. The number of aryl methyl sites for hydroxylation is 1. The van der Waals surface area contributed by atoms with Crippen molar-refractivity contribution in [1.29, 1.82) is 0 Å². The third kappa shape index (κ3) is 3.78. The zero-order valence-electron chi connectivity index (χ0n) is 15.6. The van der Waals surface area contributed by atoms with E-state index in [1.807, 2.05) is 30.3 Å². The Bertz CT molecular complexity index is 1030. The minimum atomic E-state index is -1.12. The monoisotopic (exact) mass is 393 g/mol. The summed E-state index contributed by atoms with van der Waals surface area (Å²) in [4.78, 5) is 28.6. The van der Waals surface area contributed by atoms with E-state index in [4.69, 9.17) is 0 Å². The molecule has 28 heavy (non-hydrogen) atoms. The first-order valence-electron chi connectivity index (χ1n) is 9.50. The summed E-state index contributed by atoms with van der Waals surface area (Å²) in [5.41, 5.74) is 3.84. The molecule has 144 valence electrons. The second-order valence-electron chi connectivity index (χ2n) is 7.37. The molecule has 1 N–H and O–H groups in total. The van der Waals surface area contributed by atoms with Gasteiger partial charge in [-0.1, -0.05) is 18.9 Å². The highest BCUT2D eigenvalue weighted by molar-refractivity contribution is 7.21. The number of carbonyl (C=O) groups is 2. The van der Waals surface area contributed by atoms with Gasteiger partial charge in [-0.05, 0) is 61.7 Å². The molecule has 0 radical (unpaired) electrons. The van der Waals surface area contributed by atoms with Crippen molar-refractivity contribution in [3.05, 3.63) is 48.0 Å². The number of hydrogen-bond acceptors (Lipinski definition) is 5. The minimum Gasteiger partial charge on any atom is -0.550 e. The van der Waals surface area contributed by atoms with Crippen LogP contribution < -0.4 is 10.4 Å². The molecule has 3 aromatic rings. The Morgan fingerprint density at radius 1 is 1.07 bits per heavy atom. The second-order valence-corrected chi connectivity index (χ2v) is 8.40. The van der Waals surface area contributed by atoms with E-state index in [2.05, 4.69) is 29.4 Å². The zero-order chi connectivity index (χ0) is 19.7. The molecule has 0 bridgehead atoms.